The Morgan fingerprint density at radius 1 is 1.22 bits per heavy atom. The van der Waals surface area contributed by atoms with Crippen LogP contribution in [0.5, 0.6) is 0 Å². The van der Waals surface area contributed by atoms with Crippen LogP contribution in [0.4, 0.5) is 0 Å². The SMILES string of the molecule is Cc1sc2nc(C(=O)NCc3ccc4ncc(=O)[nH]c4c3)[nH]c(=O)c2c1C. The van der Waals surface area contributed by atoms with Gasteiger partial charge in [-0.2, -0.15) is 0 Å². The van der Waals surface area contributed by atoms with Gasteiger partial charge >= 0.3 is 0 Å². The van der Waals surface area contributed by atoms with Gasteiger partial charge in [-0.15, -0.1) is 11.3 Å². The fraction of sp³-hybridized carbons (Fsp3) is 0.167. The predicted molar refractivity (Wildman–Crippen MR) is 103 cm³/mol. The summed E-state index contributed by atoms with van der Waals surface area (Å²) in [6.07, 6.45) is 1.22. The number of rotatable bonds is 3. The van der Waals surface area contributed by atoms with Crippen LogP contribution >= 0.6 is 11.3 Å². The topological polar surface area (TPSA) is 121 Å². The summed E-state index contributed by atoms with van der Waals surface area (Å²) in [4.78, 5) is 51.2. The Morgan fingerprint density at radius 3 is 2.85 bits per heavy atom. The van der Waals surface area contributed by atoms with Crippen molar-refractivity contribution in [2.75, 3.05) is 0 Å². The summed E-state index contributed by atoms with van der Waals surface area (Å²) in [5.41, 5.74) is 2.30. The van der Waals surface area contributed by atoms with Crippen LogP contribution in [0.25, 0.3) is 21.3 Å². The van der Waals surface area contributed by atoms with Crippen molar-refractivity contribution < 1.29 is 4.79 Å². The van der Waals surface area contributed by atoms with E-state index in [1.165, 1.54) is 17.5 Å². The van der Waals surface area contributed by atoms with Crippen molar-refractivity contribution >= 4 is 38.5 Å². The second kappa shape index (κ2) is 6.44. The molecule has 27 heavy (non-hydrogen) atoms. The molecule has 0 aliphatic rings. The van der Waals surface area contributed by atoms with E-state index in [1.54, 1.807) is 18.2 Å². The number of thiophene rings is 1. The minimum Gasteiger partial charge on any atom is -0.345 e. The third kappa shape index (κ3) is 3.13. The smallest absolute Gasteiger partial charge is 0.287 e. The molecule has 0 radical (unpaired) electrons. The van der Waals surface area contributed by atoms with E-state index in [4.69, 9.17) is 0 Å². The fourth-order valence-corrected chi connectivity index (χ4v) is 3.86. The number of hydrogen-bond acceptors (Lipinski definition) is 6. The lowest BCUT2D eigenvalue weighted by atomic mass is 10.2. The summed E-state index contributed by atoms with van der Waals surface area (Å²) in [6.45, 7) is 4.00. The first-order chi connectivity index (χ1) is 12.9. The lowest BCUT2D eigenvalue weighted by Crippen LogP contribution is -2.27. The van der Waals surface area contributed by atoms with E-state index in [9.17, 15) is 14.4 Å². The number of carbonyl (C=O) groups is 1. The van der Waals surface area contributed by atoms with Crippen molar-refractivity contribution in [3.05, 3.63) is 66.9 Å². The molecule has 0 aliphatic carbocycles. The van der Waals surface area contributed by atoms with Gasteiger partial charge in [0.2, 0.25) is 5.82 Å². The van der Waals surface area contributed by atoms with E-state index in [1.807, 2.05) is 13.8 Å². The van der Waals surface area contributed by atoms with Crippen LogP contribution in [0.15, 0.2) is 34.0 Å². The van der Waals surface area contributed by atoms with Gasteiger partial charge in [0.15, 0.2) is 0 Å². The van der Waals surface area contributed by atoms with Crippen molar-refractivity contribution in [1.29, 1.82) is 0 Å². The van der Waals surface area contributed by atoms with Gasteiger partial charge in [-0.1, -0.05) is 6.07 Å². The van der Waals surface area contributed by atoms with E-state index >= 15 is 0 Å². The Morgan fingerprint density at radius 2 is 2.04 bits per heavy atom. The normalized spacial score (nSPS) is 11.2. The number of nitrogens with zero attached hydrogens (tertiary/aromatic N) is 2. The van der Waals surface area contributed by atoms with Crippen LogP contribution in [0, 0.1) is 13.8 Å². The van der Waals surface area contributed by atoms with Crippen LogP contribution in [0.1, 0.15) is 26.6 Å². The first-order valence-electron chi connectivity index (χ1n) is 8.18. The molecule has 0 spiro atoms. The molecule has 1 amide bonds. The first-order valence-corrected chi connectivity index (χ1v) is 9.00. The van der Waals surface area contributed by atoms with E-state index in [0.717, 1.165) is 16.0 Å². The number of aryl methyl sites for hydroxylation is 2. The number of fused-ring (bicyclic) bond motifs is 2. The third-order valence-corrected chi connectivity index (χ3v) is 5.45. The zero-order valence-corrected chi connectivity index (χ0v) is 15.4. The molecule has 0 saturated heterocycles. The zero-order valence-electron chi connectivity index (χ0n) is 14.5. The van der Waals surface area contributed by atoms with Gasteiger partial charge in [0.25, 0.3) is 17.0 Å². The third-order valence-electron chi connectivity index (χ3n) is 4.35. The van der Waals surface area contributed by atoms with Crippen molar-refractivity contribution in [2.24, 2.45) is 0 Å². The summed E-state index contributed by atoms with van der Waals surface area (Å²) in [7, 11) is 0. The van der Waals surface area contributed by atoms with Gasteiger partial charge in [-0.25, -0.2) is 9.97 Å². The maximum absolute atomic E-state index is 12.4. The van der Waals surface area contributed by atoms with Crippen molar-refractivity contribution in [3.63, 3.8) is 0 Å². The van der Waals surface area contributed by atoms with Gasteiger partial charge in [0.05, 0.1) is 22.6 Å². The van der Waals surface area contributed by atoms with E-state index in [0.29, 0.717) is 21.3 Å². The number of carbonyl (C=O) groups excluding carboxylic acids is 1. The lowest BCUT2D eigenvalue weighted by Gasteiger charge is -2.06. The molecule has 0 aliphatic heterocycles. The van der Waals surface area contributed by atoms with E-state index < -0.39 is 5.91 Å². The summed E-state index contributed by atoms with van der Waals surface area (Å²) >= 11 is 1.39. The largest absolute Gasteiger partial charge is 0.345 e. The number of hydrogen-bond donors (Lipinski definition) is 3. The molecule has 3 heterocycles. The Kier molecular flexibility index (Phi) is 4.08. The summed E-state index contributed by atoms with van der Waals surface area (Å²) in [5, 5.41) is 3.26. The van der Waals surface area contributed by atoms with E-state index in [-0.39, 0.29) is 23.5 Å². The minimum atomic E-state index is -0.475. The summed E-state index contributed by atoms with van der Waals surface area (Å²) in [6, 6.07) is 5.31. The van der Waals surface area contributed by atoms with Gasteiger partial charge in [-0.3, -0.25) is 14.4 Å². The molecule has 4 rings (SSSR count). The molecule has 8 nitrogen and oxygen atoms in total. The zero-order chi connectivity index (χ0) is 19.1. The highest BCUT2D eigenvalue weighted by atomic mass is 32.1. The van der Waals surface area contributed by atoms with Crippen LogP contribution in [-0.4, -0.2) is 25.8 Å². The average Bonchev–Trinajstić information content (AvgIpc) is 2.93. The Bertz CT molecular complexity index is 1320. The Labute approximate surface area is 156 Å². The first kappa shape index (κ1) is 17.1. The highest BCUT2D eigenvalue weighted by Gasteiger charge is 2.15. The van der Waals surface area contributed by atoms with Crippen LogP contribution in [0.2, 0.25) is 0 Å². The number of nitrogens with one attached hydrogen (secondary N) is 3. The number of benzene rings is 1. The van der Waals surface area contributed by atoms with Crippen LogP contribution in [-0.2, 0) is 6.54 Å². The monoisotopic (exact) mass is 381 g/mol. The second-order valence-corrected chi connectivity index (χ2v) is 7.36. The van der Waals surface area contributed by atoms with Crippen molar-refractivity contribution in [2.45, 2.75) is 20.4 Å². The second-order valence-electron chi connectivity index (χ2n) is 6.16. The molecule has 4 aromatic rings. The van der Waals surface area contributed by atoms with Gasteiger partial charge in [0.1, 0.15) is 4.83 Å². The minimum absolute atomic E-state index is 0.0235. The molecule has 1 aromatic carbocycles. The molecule has 3 N–H and O–H groups in total. The number of aromatic amines is 2. The highest BCUT2D eigenvalue weighted by Crippen LogP contribution is 2.25. The maximum Gasteiger partial charge on any atom is 0.287 e. The van der Waals surface area contributed by atoms with Gasteiger partial charge < -0.3 is 15.3 Å². The fourth-order valence-electron chi connectivity index (χ4n) is 2.83. The number of aromatic nitrogens is 4. The van der Waals surface area contributed by atoms with Crippen molar-refractivity contribution in [3.8, 4) is 0 Å². The molecule has 3 aromatic heterocycles. The molecule has 0 atom stereocenters. The molecule has 136 valence electrons. The molecule has 0 unspecified atom stereocenters. The lowest BCUT2D eigenvalue weighted by molar-refractivity contribution is 0.0940. The van der Waals surface area contributed by atoms with Crippen LogP contribution < -0.4 is 16.4 Å². The highest BCUT2D eigenvalue weighted by molar-refractivity contribution is 7.18. The molecular formula is C18H15N5O3S. The molecule has 0 fully saturated rings. The van der Waals surface area contributed by atoms with Gasteiger partial charge in [-0.05, 0) is 37.1 Å². The number of amides is 1. The molecular weight excluding hydrogens is 366 g/mol. The maximum atomic E-state index is 12.4. The Balaban J connectivity index is 1.58. The van der Waals surface area contributed by atoms with Gasteiger partial charge in [0, 0.05) is 11.4 Å². The van der Waals surface area contributed by atoms with E-state index in [2.05, 4.69) is 25.3 Å². The van der Waals surface area contributed by atoms with Crippen molar-refractivity contribution in [1.82, 2.24) is 25.3 Å². The quantitative estimate of drug-likeness (QED) is 0.499. The summed E-state index contributed by atoms with van der Waals surface area (Å²) < 4.78 is 0. The average molecular weight is 381 g/mol. The van der Waals surface area contributed by atoms with Crippen LogP contribution in [0.3, 0.4) is 0 Å². The summed E-state index contributed by atoms with van der Waals surface area (Å²) in [5.74, 6) is -0.498. The molecule has 9 heteroatoms. The molecule has 0 bridgehead atoms. The Hall–Kier alpha value is -3.33. The molecule has 0 saturated carbocycles. The standard InChI is InChI=1S/C18H15N5O3S/c1-8-9(2)27-18-14(8)16(25)22-15(23-18)17(26)20-6-10-3-4-11-12(5-10)21-13(24)7-19-11/h3-5,7H,6H2,1-2H3,(H,20,26)(H,21,24)(H,22,23,25). The predicted octanol–water partition coefficient (Wildman–Crippen LogP) is 1.77. The number of H-pyrrole nitrogens is 2.